The summed E-state index contributed by atoms with van der Waals surface area (Å²) in [4.78, 5) is 11.1. The van der Waals surface area contributed by atoms with Crippen LogP contribution in [0.3, 0.4) is 0 Å². The molecule has 0 saturated heterocycles. The Kier molecular flexibility index (Phi) is 6.92. The highest BCUT2D eigenvalue weighted by Gasteiger charge is 2.16. The molecule has 3 aromatic rings. The van der Waals surface area contributed by atoms with Gasteiger partial charge in [0, 0.05) is 5.56 Å². The SMILES string of the molecule is O=C(O)Cc1ccccc1OCCOc1ccccc1NS(=O)(=O)c1ccccc1. The fourth-order valence-corrected chi connectivity index (χ4v) is 3.83. The minimum Gasteiger partial charge on any atom is -0.490 e. The fourth-order valence-electron chi connectivity index (χ4n) is 2.74. The maximum Gasteiger partial charge on any atom is 0.307 e. The molecule has 0 amide bonds. The van der Waals surface area contributed by atoms with E-state index in [1.807, 2.05) is 0 Å². The van der Waals surface area contributed by atoms with Gasteiger partial charge in [-0.2, -0.15) is 0 Å². The number of carboxylic acid groups (broad SMARTS) is 1. The number of para-hydroxylation sites is 3. The van der Waals surface area contributed by atoms with Gasteiger partial charge in [0.05, 0.1) is 17.0 Å². The minimum absolute atomic E-state index is 0.138. The molecule has 30 heavy (non-hydrogen) atoms. The summed E-state index contributed by atoms with van der Waals surface area (Å²) in [5, 5.41) is 8.98. The smallest absolute Gasteiger partial charge is 0.307 e. The van der Waals surface area contributed by atoms with E-state index in [1.165, 1.54) is 12.1 Å². The van der Waals surface area contributed by atoms with Gasteiger partial charge in [-0.25, -0.2) is 8.42 Å². The monoisotopic (exact) mass is 427 g/mol. The maximum absolute atomic E-state index is 12.6. The maximum atomic E-state index is 12.6. The van der Waals surface area contributed by atoms with Crippen LogP contribution < -0.4 is 14.2 Å². The number of ether oxygens (including phenoxy) is 2. The van der Waals surface area contributed by atoms with Crippen LogP contribution in [0.5, 0.6) is 11.5 Å². The number of rotatable bonds is 10. The summed E-state index contributed by atoms with van der Waals surface area (Å²) in [5.74, 6) is -0.108. The molecule has 0 aromatic heterocycles. The molecule has 0 atom stereocenters. The van der Waals surface area contributed by atoms with Gasteiger partial charge in [0.25, 0.3) is 10.0 Å². The van der Waals surface area contributed by atoms with Gasteiger partial charge in [0.15, 0.2) is 0 Å². The van der Waals surface area contributed by atoms with Gasteiger partial charge in [-0.3, -0.25) is 9.52 Å². The number of carboxylic acids is 1. The standard InChI is InChI=1S/C22H21NO6S/c24-22(25)16-17-8-4-6-12-20(17)28-14-15-29-21-13-7-5-11-19(21)23-30(26,27)18-9-2-1-3-10-18/h1-13,23H,14-16H2,(H,24,25). The first-order chi connectivity index (χ1) is 14.5. The molecular formula is C22H21NO6S. The molecule has 3 rings (SSSR count). The van der Waals surface area contributed by atoms with Crippen molar-refractivity contribution in [3.63, 3.8) is 0 Å². The lowest BCUT2D eigenvalue weighted by Crippen LogP contribution is -2.15. The number of nitrogens with one attached hydrogen (secondary N) is 1. The van der Waals surface area contributed by atoms with Crippen molar-refractivity contribution in [2.45, 2.75) is 11.3 Å². The van der Waals surface area contributed by atoms with E-state index in [4.69, 9.17) is 14.6 Å². The summed E-state index contributed by atoms with van der Waals surface area (Å²) < 4.78 is 39.0. The van der Waals surface area contributed by atoms with Crippen LogP contribution in [-0.4, -0.2) is 32.7 Å². The van der Waals surface area contributed by atoms with Crippen LogP contribution in [0.1, 0.15) is 5.56 Å². The van der Waals surface area contributed by atoms with Gasteiger partial charge >= 0.3 is 5.97 Å². The van der Waals surface area contributed by atoms with Crippen molar-refractivity contribution in [2.75, 3.05) is 17.9 Å². The fraction of sp³-hybridized carbons (Fsp3) is 0.136. The average Bonchev–Trinajstić information content (AvgIpc) is 2.73. The molecular weight excluding hydrogens is 406 g/mol. The molecule has 0 heterocycles. The molecule has 0 fully saturated rings. The zero-order chi connectivity index (χ0) is 21.4. The van der Waals surface area contributed by atoms with Gasteiger partial charge in [-0.15, -0.1) is 0 Å². The summed E-state index contributed by atoms with van der Waals surface area (Å²) in [7, 11) is -3.74. The van der Waals surface area contributed by atoms with Crippen molar-refractivity contribution in [3.05, 3.63) is 84.4 Å². The largest absolute Gasteiger partial charge is 0.490 e. The Bertz CT molecular complexity index is 1100. The minimum atomic E-state index is -3.74. The van der Waals surface area contributed by atoms with Crippen molar-refractivity contribution in [3.8, 4) is 11.5 Å². The van der Waals surface area contributed by atoms with Crippen molar-refractivity contribution in [2.24, 2.45) is 0 Å². The lowest BCUT2D eigenvalue weighted by molar-refractivity contribution is -0.136. The zero-order valence-corrected chi connectivity index (χ0v) is 16.8. The van der Waals surface area contributed by atoms with Crippen LogP contribution in [0.25, 0.3) is 0 Å². The number of benzene rings is 3. The van der Waals surface area contributed by atoms with Crippen molar-refractivity contribution < 1.29 is 27.8 Å². The second-order valence-electron chi connectivity index (χ2n) is 6.29. The van der Waals surface area contributed by atoms with Crippen LogP contribution in [0.4, 0.5) is 5.69 Å². The molecule has 3 aromatic carbocycles. The Morgan fingerprint density at radius 3 is 2.07 bits per heavy atom. The topological polar surface area (TPSA) is 102 Å². The summed E-state index contributed by atoms with van der Waals surface area (Å²) >= 11 is 0. The van der Waals surface area contributed by atoms with E-state index < -0.39 is 16.0 Å². The number of hydrogen-bond acceptors (Lipinski definition) is 5. The summed E-state index contributed by atoms with van der Waals surface area (Å²) in [6, 6.07) is 21.7. The second kappa shape index (κ2) is 9.80. The highest BCUT2D eigenvalue weighted by Crippen LogP contribution is 2.26. The highest BCUT2D eigenvalue weighted by molar-refractivity contribution is 7.92. The quantitative estimate of drug-likeness (QED) is 0.480. The Labute approximate surface area is 174 Å². The molecule has 0 spiro atoms. The number of carbonyl (C=O) groups is 1. The second-order valence-corrected chi connectivity index (χ2v) is 7.97. The first-order valence-corrected chi connectivity index (χ1v) is 10.7. The zero-order valence-electron chi connectivity index (χ0n) is 16.0. The van der Waals surface area contributed by atoms with E-state index in [1.54, 1.807) is 66.7 Å². The Balaban J connectivity index is 1.62. The van der Waals surface area contributed by atoms with Crippen LogP contribution in [-0.2, 0) is 21.2 Å². The first-order valence-electron chi connectivity index (χ1n) is 9.18. The third-order valence-corrected chi connectivity index (χ3v) is 5.48. The van der Waals surface area contributed by atoms with Crippen molar-refractivity contribution in [1.29, 1.82) is 0 Å². The van der Waals surface area contributed by atoms with Gasteiger partial charge < -0.3 is 14.6 Å². The molecule has 0 bridgehead atoms. The normalized spacial score (nSPS) is 10.9. The summed E-state index contributed by atoms with van der Waals surface area (Å²) in [5.41, 5.74) is 0.883. The van der Waals surface area contributed by atoms with E-state index in [2.05, 4.69) is 4.72 Å². The van der Waals surface area contributed by atoms with Crippen molar-refractivity contribution in [1.82, 2.24) is 0 Å². The highest BCUT2D eigenvalue weighted by atomic mass is 32.2. The van der Waals surface area contributed by atoms with Gasteiger partial charge in [-0.05, 0) is 30.3 Å². The van der Waals surface area contributed by atoms with Crippen LogP contribution in [0.15, 0.2) is 83.8 Å². The van der Waals surface area contributed by atoms with E-state index in [-0.39, 0.29) is 24.5 Å². The molecule has 2 N–H and O–H groups in total. The molecule has 0 radical (unpaired) electrons. The Morgan fingerprint density at radius 1 is 0.800 bits per heavy atom. The van der Waals surface area contributed by atoms with Crippen LogP contribution in [0.2, 0.25) is 0 Å². The van der Waals surface area contributed by atoms with Crippen LogP contribution in [0, 0.1) is 0 Å². The van der Waals surface area contributed by atoms with Gasteiger partial charge in [0.1, 0.15) is 24.7 Å². The molecule has 7 nitrogen and oxygen atoms in total. The third kappa shape index (κ3) is 5.74. The summed E-state index contributed by atoms with van der Waals surface area (Å²) in [6.07, 6.45) is -0.138. The van der Waals surface area contributed by atoms with Crippen LogP contribution >= 0.6 is 0 Å². The molecule has 8 heteroatoms. The Hall–Kier alpha value is -3.52. The predicted molar refractivity (Wildman–Crippen MR) is 112 cm³/mol. The molecule has 156 valence electrons. The Morgan fingerprint density at radius 2 is 1.37 bits per heavy atom. The predicted octanol–water partition coefficient (Wildman–Crippen LogP) is 3.57. The molecule has 0 aliphatic carbocycles. The molecule has 0 aliphatic rings. The summed E-state index contributed by atoms with van der Waals surface area (Å²) in [6.45, 7) is 0.307. The number of anilines is 1. The number of aliphatic carboxylic acids is 1. The van der Waals surface area contributed by atoms with Gasteiger partial charge in [0.2, 0.25) is 0 Å². The molecule has 0 unspecified atom stereocenters. The first kappa shape index (κ1) is 21.2. The lowest BCUT2D eigenvalue weighted by atomic mass is 10.1. The molecule has 0 saturated carbocycles. The van der Waals surface area contributed by atoms with Crippen molar-refractivity contribution >= 4 is 21.7 Å². The number of sulfonamides is 1. The van der Waals surface area contributed by atoms with E-state index in [0.717, 1.165) is 0 Å². The third-order valence-electron chi connectivity index (χ3n) is 4.10. The van der Waals surface area contributed by atoms with E-state index in [0.29, 0.717) is 22.7 Å². The lowest BCUT2D eigenvalue weighted by Gasteiger charge is -2.14. The molecule has 0 aliphatic heterocycles. The number of hydrogen-bond donors (Lipinski definition) is 2. The van der Waals surface area contributed by atoms with E-state index in [9.17, 15) is 13.2 Å². The van der Waals surface area contributed by atoms with Gasteiger partial charge in [-0.1, -0.05) is 48.5 Å². The van der Waals surface area contributed by atoms with E-state index >= 15 is 0 Å². The average molecular weight is 427 g/mol.